The Kier molecular flexibility index (Phi) is 8.42. The van der Waals surface area contributed by atoms with Crippen molar-refractivity contribution in [2.75, 3.05) is 32.7 Å². The molecule has 4 aromatic rings. The lowest BCUT2D eigenvalue weighted by Crippen LogP contribution is -2.47. The van der Waals surface area contributed by atoms with Crippen molar-refractivity contribution in [1.29, 1.82) is 0 Å². The van der Waals surface area contributed by atoms with Crippen molar-refractivity contribution in [3.05, 3.63) is 84.2 Å². The van der Waals surface area contributed by atoms with E-state index in [0.29, 0.717) is 25.3 Å². The molecule has 1 N–H and O–H groups in total. The summed E-state index contributed by atoms with van der Waals surface area (Å²) in [5.41, 5.74) is 2.31. The Bertz CT molecular complexity index is 1650. The van der Waals surface area contributed by atoms with E-state index in [0.717, 1.165) is 79.2 Å². The molecule has 2 fully saturated rings. The van der Waals surface area contributed by atoms with Crippen molar-refractivity contribution in [3.8, 4) is 17.2 Å². The molecule has 46 heavy (non-hydrogen) atoms. The number of amides is 1. The molecular weight excluding hydrogens is 580 g/mol. The number of benzene rings is 3. The number of piperidine rings is 1. The van der Waals surface area contributed by atoms with Crippen LogP contribution in [-0.4, -0.2) is 76.6 Å². The fraction of sp³-hybridized carbons (Fsp3) is 0.432. The summed E-state index contributed by atoms with van der Waals surface area (Å²) >= 11 is 0. The average molecular weight is 623 g/mol. The largest absolute Gasteiger partial charge is 0.491 e. The van der Waals surface area contributed by atoms with Crippen LogP contribution in [0.1, 0.15) is 55.7 Å². The van der Waals surface area contributed by atoms with Crippen LogP contribution in [0.4, 0.5) is 0 Å². The van der Waals surface area contributed by atoms with Gasteiger partial charge in [0.15, 0.2) is 17.3 Å². The third kappa shape index (κ3) is 6.33. The van der Waals surface area contributed by atoms with E-state index in [-0.39, 0.29) is 29.1 Å². The van der Waals surface area contributed by atoms with Crippen molar-refractivity contribution in [2.45, 2.75) is 58.3 Å². The third-order valence-electron chi connectivity index (χ3n) is 9.69. The Balaban J connectivity index is 0.998. The van der Waals surface area contributed by atoms with Gasteiger partial charge in [-0.3, -0.25) is 9.59 Å². The van der Waals surface area contributed by atoms with Crippen LogP contribution in [0.2, 0.25) is 0 Å². The maximum Gasteiger partial charge on any atom is 0.248 e. The van der Waals surface area contributed by atoms with Gasteiger partial charge in [0.25, 0.3) is 0 Å². The van der Waals surface area contributed by atoms with Crippen LogP contribution in [0, 0.1) is 11.3 Å². The molecule has 3 aliphatic rings. The molecule has 4 heterocycles. The number of para-hydroxylation sites is 4. The molecule has 7 rings (SSSR count). The molecule has 0 radical (unpaired) electrons. The van der Waals surface area contributed by atoms with Crippen LogP contribution in [-0.2, 0) is 11.2 Å². The average Bonchev–Trinajstić information content (AvgIpc) is 3.81. The summed E-state index contributed by atoms with van der Waals surface area (Å²) in [6.07, 6.45) is 3.17. The van der Waals surface area contributed by atoms with E-state index in [1.807, 2.05) is 91.5 Å². The zero-order valence-electron chi connectivity index (χ0n) is 26.6. The number of carbonyl (C=O) groups is 2. The first-order valence-electron chi connectivity index (χ1n) is 16.5. The molecule has 240 valence electrons. The molecule has 1 atom stereocenters. The molecule has 0 bridgehead atoms. The highest BCUT2D eigenvalue weighted by molar-refractivity contribution is 5.97. The van der Waals surface area contributed by atoms with E-state index in [2.05, 4.69) is 14.9 Å². The van der Waals surface area contributed by atoms with Gasteiger partial charge in [-0.2, -0.15) is 0 Å². The lowest BCUT2D eigenvalue weighted by Gasteiger charge is -2.37. The summed E-state index contributed by atoms with van der Waals surface area (Å²) in [7, 11) is 0. The molecule has 9 nitrogen and oxygen atoms in total. The Morgan fingerprint density at radius 1 is 0.978 bits per heavy atom. The van der Waals surface area contributed by atoms with Crippen LogP contribution >= 0.6 is 0 Å². The van der Waals surface area contributed by atoms with Gasteiger partial charge in [-0.05, 0) is 101 Å². The highest BCUT2D eigenvalue weighted by Crippen LogP contribution is 2.46. The zero-order chi connectivity index (χ0) is 31.7. The lowest BCUT2D eigenvalue weighted by atomic mass is 9.82. The number of nitrogens with zero attached hydrogens (tertiary/aromatic N) is 3. The second-order valence-corrected chi connectivity index (χ2v) is 13.3. The molecule has 1 amide bonds. The predicted molar refractivity (Wildman–Crippen MR) is 175 cm³/mol. The monoisotopic (exact) mass is 622 g/mol. The van der Waals surface area contributed by atoms with E-state index in [1.165, 1.54) is 0 Å². The Morgan fingerprint density at radius 3 is 2.46 bits per heavy atom. The smallest absolute Gasteiger partial charge is 0.248 e. The van der Waals surface area contributed by atoms with Gasteiger partial charge in [0.1, 0.15) is 5.75 Å². The highest BCUT2D eigenvalue weighted by atomic mass is 16.7. The first kappa shape index (κ1) is 30.3. The number of hydrogen-bond acceptors (Lipinski definition) is 7. The number of carbonyl (C=O) groups excluding carboxylic acids is 2. The second-order valence-electron chi connectivity index (χ2n) is 13.3. The van der Waals surface area contributed by atoms with Gasteiger partial charge >= 0.3 is 0 Å². The van der Waals surface area contributed by atoms with E-state index < -0.39 is 6.29 Å². The van der Waals surface area contributed by atoms with Crippen LogP contribution in [0.25, 0.3) is 11.0 Å². The Morgan fingerprint density at radius 2 is 1.72 bits per heavy atom. The molecule has 9 heteroatoms. The third-order valence-corrected chi connectivity index (χ3v) is 9.69. The molecule has 0 spiro atoms. The highest BCUT2D eigenvalue weighted by Gasteiger charge is 2.51. The summed E-state index contributed by atoms with van der Waals surface area (Å²) in [5, 5.41) is 0. The van der Waals surface area contributed by atoms with E-state index in [4.69, 9.17) is 14.2 Å². The normalized spacial score (nSPS) is 20.5. The number of aromatic amines is 1. The number of ether oxygens (including phenoxy) is 3. The summed E-state index contributed by atoms with van der Waals surface area (Å²) in [6.45, 7) is 7.77. The van der Waals surface area contributed by atoms with Gasteiger partial charge in [-0.15, -0.1) is 0 Å². The lowest BCUT2D eigenvalue weighted by molar-refractivity contribution is -0.131. The summed E-state index contributed by atoms with van der Waals surface area (Å²) in [6, 6.07) is 23.4. The number of rotatable bonds is 10. The van der Waals surface area contributed by atoms with Crippen LogP contribution < -0.4 is 14.2 Å². The van der Waals surface area contributed by atoms with Gasteiger partial charge in [-0.25, -0.2) is 4.98 Å². The summed E-state index contributed by atoms with van der Waals surface area (Å²) in [4.78, 5) is 39.1. The van der Waals surface area contributed by atoms with Crippen molar-refractivity contribution in [1.82, 2.24) is 19.8 Å². The number of hydrogen-bond donors (Lipinski definition) is 1. The zero-order valence-corrected chi connectivity index (χ0v) is 26.6. The second kappa shape index (κ2) is 12.8. The number of ketones is 1. The minimum absolute atomic E-state index is 0.0363. The fourth-order valence-corrected chi connectivity index (χ4v) is 7.12. The maximum absolute atomic E-state index is 13.6. The quantitative estimate of drug-likeness (QED) is 0.220. The summed E-state index contributed by atoms with van der Waals surface area (Å²) in [5.74, 6) is 2.92. The van der Waals surface area contributed by atoms with Crippen molar-refractivity contribution < 1.29 is 23.8 Å². The number of H-pyrrole nitrogens is 1. The molecule has 3 aliphatic heterocycles. The summed E-state index contributed by atoms with van der Waals surface area (Å²) < 4.78 is 18.7. The molecular formula is C37H42N4O5. The van der Waals surface area contributed by atoms with Gasteiger partial charge in [-0.1, -0.05) is 36.4 Å². The SMILES string of the molecule is CC(C)Oc1cccc(CC(=O)N2CCC(CCN3CCC(C(=O)c4nc5ccccc5[nH]4)CC3)(C3Oc4ccccc4O3)C2)c1. The van der Waals surface area contributed by atoms with Crippen molar-refractivity contribution in [3.63, 3.8) is 0 Å². The first-order chi connectivity index (χ1) is 22.3. The first-order valence-corrected chi connectivity index (χ1v) is 16.5. The Hall–Kier alpha value is -4.37. The number of aromatic nitrogens is 2. The van der Waals surface area contributed by atoms with Crippen molar-refractivity contribution >= 4 is 22.7 Å². The van der Waals surface area contributed by atoms with Crippen LogP contribution in [0.3, 0.4) is 0 Å². The topological polar surface area (TPSA) is 97.0 Å². The molecule has 0 saturated carbocycles. The van der Waals surface area contributed by atoms with Gasteiger partial charge < -0.3 is 29.0 Å². The standard InChI is InChI=1S/C37H42N4O5/c1-25(2)44-28-9-7-8-26(22-28)23-33(42)41-21-17-37(24-41,36-45-31-12-5-6-13-32(31)46-36)16-20-40-18-14-27(15-19-40)34(43)35-38-29-10-3-4-11-30(29)39-35/h3-13,22,25,27,36H,14-21,23-24H2,1-2H3,(H,38,39). The Labute approximate surface area is 269 Å². The fourth-order valence-electron chi connectivity index (χ4n) is 7.12. The molecule has 2 saturated heterocycles. The molecule has 1 unspecified atom stereocenters. The van der Waals surface area contributed by atoms with Crippen molar-refractivity contribution in [2.24, 2.45) is 11.3 Å². The minimum atomic E-state index is -0.460. The maximum atomic E-state index is 13.6. The predicted octanol–water partition coefficient (Wildman–Crippen LogP) is 5.89. The van der Waals surface area contributed by atoms with Gasteiger partial charge in [0.05, 0.1) is 29.0 Å². The van der Waals surface area contributed by atoms with E-state index in [9.17, 15) is 9.59 Å². The molecule has 3 aromatic carbocycles. The van der Waals surface area contributed by atoms with Crippen LogP contribution in [0.15, 0.2) is 72.8 Å². The van der Waals surface area contributed by atoms with E-state index >= 15 is 0 Å². The number of nitrogens with one attached hydrogen (secondary N) is 1. The van der Waals surface area contributed by atoms with Gasteiger partial charge in [0, 0.05) is 19.0 Å². The van der Waals surface area contributed by atoms with Gasteiger partial charge in [0.2, 0.25) is 18.0 Å². The minimum Gasteiger partial charge on any atom is -0.491 e. The number of fused-ring (bicyclic) bond motifs is 2. The number of imidazole rings is 1. The molecule has 1 aromatic heterocycles. The molecule has 0 aliphatic carbocycles. The number of Topliss-reactive ketones (excluding diaryl/α,β-unsaturated/α-hetero) is 1. The van der Waals surface area contributed by atoms with Crippen LogP contribution in [0.5, 0.6) is 17.2 Å². The number of likely N-dealkylation sites (tertiary alicyclic amines) is 2. The van der Waals surface area contributed by atoms with E-state index in [1.54, 1.807) is 0 Å².